The molecule has 40 heavy (non-hydrogen) atoms. The van der Waals surface area contributed by atoms with Gasteiger partial charge >= 0.3 is 0 Å². The fourth-order valence-corrected chi connectivity index (χ4v) is 6.90. The van der Waals surface area contributed by atoms with Crippen LogP contribution in [0, 0.1) is 0 Å². The molecule has 0 saturated carbocycles. The zero-order chi connectivity index (χ0) is 27.7. The first kappa shape index (κ1) is 25.6. The van der Waals surface area contributed by atoms with Crippen molar-refractivity contribution in [2.45, 2.75) is 36.8 Å². The Kier molecular flexibility index (Phi) is 6.47. The summed E-state index contributed by atoms with van der Waals surface area (Å²) in [4.78, 5) is 33.8. The van der Waals surface area contributed by atoms with Crippen molar-refractivity contribution in [1.82, 2.24) is 0 Å². The molecule has 2 heterocycles. The van der Waals surface area contributed by atoms with Gasteiger partial charge in [0.2, 0.25) is 11.8 Å². The average molecular weight is 525 g/mol. The summed E-state index contributed by atoms with van der Waals surface area (Å²) in [5.74, 6) is -0.159. The number of carbonyl (C=O) groups is 2. The summed E-state index contributed by atoms with van der Waals surface area (Å²) >= 11 is 0. The quantitative estimate of drug-likeness (QED) is 0.219. The number of para-hydroxylation sites is 2. The minimum absolute atomic E-state index is 0.0796. The Bertz CT molecular complexity index is 1470. The number of hydrogen-bond acceptors (Lipinski definition) is 2. The summed E-state index contributed by atoms with van der Waals surface area (Å²) in [7, 11) is 0. The fraction of sp³-hybridized carbons (Fsp3) is 0.167. The first-order valence-electron chi connectivity index (χ1n) is 13.7. The third-order valence-corrected chi connectivity index (χ3v) is 8.53. The van der Waals surface area contributed by atoms with Crippen molar-refractivity contribution in [3.8, 4) is 0 Å². The van der Waals surface area contributed by atoms with Crippen LogP contribution in [0.4, 0.5) is 11.4 Å². The standard InChI is InChI=1S/C36H32N2O2/c1-3-23-35(29-19-11-13-21-31(29)37(33(35)39)25-27-15-7-5-8-16-27)36(24-4-2)30-20-12-14-22-32(30)38(34(36)40)26-28-17-9-6-10-18-28/h3-22H,1-2,23-26H2/t35-,36-/m1/s1. The van der Waals surface area contributed by atoms with Crippen LogP contribution in [0.5, 0.6) is 0 Å². The second-order valence-corrected chi connectivity index (χ2v) is 10.6. The molecule has 198 valence electrons. The van der Waals surface area contributed by atoms with Gasteiger partial charge in [0.15, 0.2) is 0 Å². The Balaban J connectivity index is 1.59. The summed E-state index contributed by atoms with van der Waals surface area (Å²) in [6.07, 6.45) is 4.23. The van der Waals surface area contributed by atoms with Crippen molar-refractivity contribution in [3.63, 3.8) is 0 Å². The van der Waals surface area contributed by atoms with E-state index in [9.17, 15) is 0 Å². The van der Waals surface area contributed by atoms with E-state index in [1.54, 1.807) is 12.2 Å². The lowest BCUT2D eigenvalue weighted by Crippen LogP contribution is -2.59. The van der Waals surface area contributed by atoms with Gasteiger partial charge in [-0.1, -0.05) is 109 Å². The van der Waals surface area contributed by atoms with Crippen LogP contribution in [0.25, 0.3) is 0 Å². The molecule has 4 nitrogen and oxygen atoms in total. The minimum atomic E-state index is -1.19. The number of allylic oxidation sites excluding steroid dienone is 2. The van der Waals surface area contributed by atoms with E-state index >= 15 is 9.59 Å². The molecule has 0 fully saturated rings. The molecule has 0 saturated heterocycles. The van der Waals surface area contributed by atoms with Crippen molar-refractivity contribution >= 4 is 23.2 Å². The van der Waals surface area contributed by atoms with Gasteiger partial charge in [-0.2, -0.15) is 0 Å². The van der Waals surface area contributed by atoms with Gasteiger partial charge in [0.25, 0.3) is 0 Å². The predicted molar refractivity (Wildman–Crippen MR) is 161 cm³/mol. The van der Waals surface area contributed by atoms with E-state index in [1.807, 2.05) is 119 Å². The summed E-state index contributed by atoms with van der Waals surface area (Å²) in [5, 5.41) is 0. The average Bonchev–Trinajstić information content (AvgIpc) is 3.37. The first-order valence-corrected chi connectivity index (χ1v) is 13.7. The van der Waals surface area contributed by atoms with Crippen LogP contribution >= 0.6 is 0 Å². The lowest BCUT2D eigenvalue weighted by Gasteiger charge is -2.44. The minimum Gasteiger partial charge on any atom is -0.307 e. The highest BCUT2D eigenvalue weighted by molar-refractivity contribution is 6.19. The van der Waals surface area contributed by atoms with Crippen molar-refractivity contribution < 1.29 is 9.59 Å². The SMILES string of the molecule is C=CC[C@]1([C@@]2(CC=C)C(=O)N(Cc3ccccc3)c3ccccc32)C(=O)N(Cc2ccccc2)c2ccccc21. The van der Waals surface area contributed by atoms with E-state index in [-0.39, 0.29) is 11.8 Å². The van der Waals surface area contributed by atoms with Gasteiger partial charge in [-0.25, -0.2) is 0 Å². The molecule has 0 spiro atoms. The molecule has 0 unspecified atom stereocenters. The van der Waals surface area contributed by atoms with Gasteiger partial charge in [0, 0.05) is 11.4 Å². The van der Waals surface area contributed by atoms with E-state index in [4.69, 9.17) is 0 Å². The second kappa shape index (κ2) is 10.1. The second-order valence-electron chi connectivity index (χ2n) is 10.6. The molecule has 0 aromatic heterocycles. The molecule has 2 aliphatic heterocycles. The Labute approximate surface area is 235 Å². The smallest absolute Gasteiger partial charge is 0.239 e. The van der Waals surface area contributed by atoms with Crippen LogP contribution in [0.3, 0.4) is 0 Å². The van der Waals surface area contributed by atoms with Crippen LogP contribution in [0.1, 0.15) is 35.1 Å². The lowest BCUT2D eigenvalue weighted by atomic mass is 9.54. The van der Waals surface area contributed by atoms with Gasteiger partial charge in [-0.3, -0.25) is 9.59 Å². The number of hydrogen-bond donors (Lipinski definition) is 0. The van der Waals surface area contributed by atoms with E-state index in [2.05, 4.69) is 13.2 Å². The monoisotopic (exact) mass is 524 g/mol. The molecule has 0 N–H and O–H groups in total. The van der Waals surface area contributed by atoms with E-state index in [1.165, 1.54) is 0 Å². The molecule has 4 heteroatoms. The number of carbonyl (C=O) groups excluding carboxylic acids is 2. The molecule has 2 aliphatic rings. The largest absolute Gasteiger partial charge is 0.307 e. The summed E-state index contributed by atoms with van der Waals surface area (Å²) in [6, 6.07) is 35.9. The molecule has 4 aromatic rings. The Morgan fingerprint density at radius 2 is 0.875 bits per heavy atom. The van der Waals surface area contributed by atoms with Gasteiger partial charge in [0.1, 0.15) is 0 Å². The number of nitrogens with zero attached hydrogens (tertiary/aromatic N) is 2. The van der Waals surface area contributed by atoms with E-state index in [0.29, 0.717) is 25.9 Å². The topological polar surface area (TPSA) is 40.6 Å². The van der Waals surface area contributed by atoms with Crippen LogP contribution in [-0.2, 0) is 33.5 Å². The Morgan fingerprint density at radius 3 is 1.25 bits per heavy atom. The van der Waals surface area contributed by atoms with Crippen molar-refractivity contribution in [2.24, 2.45) is 0 Å². The number of fused-ring (bicyclic) bond motifs is 2. The number of anilines is 2. The van der Waals surface area contributed by atoms with Crippen LogP contribution in [0.2, 0.25) is 0 Å². The maximum absolute atomic E-state index is 15.0. The first-order chi connectivity index (χ1) is 19.6. The van der Waals surface area contributed by atoms with Crippen molar-refractivity contribution in [2.75, 3.05) is 9.80 Å². The third kappa shape index (κ3) is 3.60. The Morgan fingerprint density at radius 1 is 0.525 bits per heavy atom. The van der Waals surface area contributed by atoms with Crippen LogP contribution in [0.15, 0.2) is 135 Å². The zero-order valence-electron chi connectivity index (χ0n) is 22.5. The zero-order valence-corrected chi connectivity index (χ0v) is 22.5. The Hall–Kier alpha value is -4.70. The molecule has 6 rings (SSSR count). The van der Waals surface area contributed by atoms with Crippen LogP contribution in [-0.4, -0.2) is 11.8 Å². The van der Waals surface area contributed by atoms with Crippen molar-refractivity contribution in [3.05, 3.63) is 157 Å². The molecule has 0 aliphatic carbocycles. The third-order valence-electron chi connectivity index (χ3n) is 8.53. The maximum atomic E-state index is 15.0. The molecular formula is C36H32N2O2. The predicted octanol–water partition coefficient (Wildman–Crippen LogP) is 7.11. The molecule has 0 radical (unpaired) electrons. The van der Waals surface area contributed by atoms with E-state index < -0.39 is 10.8 Å². The fourth-order valence-electron chi connectivity index (χ4n) is 6.90. The maximum Gasteiger partial charge on any atom is 0.239 e. The van der Waals surface area contributed by atoms with Crippen LogP contribution < -0.4 is 9.80 Å². The normalized spacial score (nSPS) is 21.3. The molecular weight excluding hydrogens is 492 g/mol. The number of rotatable bonds is 9. The summed E-state index contributed by atoms with van der Waals surface area (Å²) in [5.41, 5.74) is 3.09. The highest BCUT2D eigenvalue weighted by atomic mass is 16.2. The molecule has 2 amide bonds. The van der Waals surface area contributed by atoms with Gasteiger partial charge in [0.05, 0.1) is 23.9 Å². The number of benzene rings is 4. The lowest BCUT2D eigenvalue weighted by molar-refractivity contribution is -0.134. The molecule has 2 atom stereocenters. The highest BCUT2D eigenvalue weighted by Crippen LogP contribution is 2.61. The van der Waals surface area contributed by atoms with Gasteiger partial charge in [-0.05, 0) is 47.2 Å². The molecule has 0 bridgehead atoms. The van der Waals surface area contributed by atoms with Gasteiger partial charge in [-0.15, -0.1) is 13.2 Å². The van der Waals surface area contributed by atoms with Gasteiger partial charge < -0.3 is 9.80 Å². The highest BCUT2D eigenvalue weighted by Gasteiger charge is 2.69. The number of amides is 2. The summed E-state index contributed by atoms with van der Waals surface area (Å²) in [6.45, 7) is 9.03. The summed E-state index contributed by atoms with van der Waals surface area (Å²) < 4.78 is 0. The van der Waals surface area contributed by atoms with E-state index in [0.717, 1.165) is 33.6 Å². The van der Waals surface area contributed by atoms with Crippen molar-refractivity contribution in [1.29, 1.82) is 0 Å². The molecule has 4 aromatic carbocycles.